The summed E-state index contributed by atoms with van der Waals surface area (Å²) < 4.78 is 5.25. The number of ketones is 1. The molecule has 0 aliphatic heterocycles. The molecule has 0 saturated carbocycles. The Morgan fingerprint density at radius 2 is 1.74 bits per heavy atom. The first-order chi connectivity index (χ1) is 12.5. The van der Waals surface area contributed by atoms with Crippen LogP contribution in [0.2, 0.25) is 0 Å². The number of rotatable bonds is 5. The number of hydrogen-bond donors (Lipinski definition) is 1. The number of nitriles is 1. The van der Waals surface area contributed by atoms with Crippen molar-refractivity contribution in [3.63, 3.8) is 0 Å². The minimum absolute atomic E-state index is 0.110. The molecule has 2 aromatic rings. The minimum atomic E-state index is -0.844. The average Bonchev–Trinajstić information content (AvgIpc) is 3.11. The topological polar surface area (TPSA) is 96.0 Å². The van der Waals surface area contributed by atoms with Crippen molar-refractivity contribution in [2.75, 3.05) is 0 Å². The lowest BCUT2D eigenvalue weighted by Crippen LogP contribution is -2.47. The summed E-state index contributed by atoms with van der Waals surface area (Å²) in [5, 5.41) is 15.5. The number of amides is 1. The fraction of sp³-hybridized carbons (Fsp3) is 0.429. The molecule has 0 radical (unpaired) electrons. The molecule has 2 rings (SSSR count). The van der Waals surface area contributed by atoms with E-state index in [-0.39, 0.29) is 17.1 Å². The van der Waals surface area contributed by atoms with Gasteiger partial charge in [0.15, 0.2) is 11.5 Å². The van der Waals surface area contributed by atoms with E-state index < -0.39 is 11.5 Å². The van der Waals surface area contributed by atoms with Gasteiger partial charge in [-0.05, 0) is 19.1 Å². The highest BCUT2D eigenvalue weighted by atomic mass is 16.5. The predicted octanol–water partition coefficient (Wildman–Crippen LogP) is 3.87. The lowest BCUT2D eigenvalue weighted by Gasteiger charge is -2.31. The van der Waals surface area contributed by atoms with Gasteiger partial charge >= 0.3 is 0 Å². The molecule has 0 fully saturated rings. The zero-order valence-electron chi connectivity index (χ0n) is 16.6. The molecule has 0 bridgehead atoms. The predicted molar refractivity (Wildman–Crippen MR) is 101 cm³/mol. The van der Waals surface area contributed by atoms with Crippen LogP contribution in [0.5, 0.6) is 0 Å². The fourth-order valence-corrected chi connectivity index (χ4v) is 2.66. The molecule has 1 amide bonds. The van der Waals surface area contributed by atoms with Crippen LogP contribution in [0.1, 0.15) is 73.6 Å². The molecule has 6 nitrogen and oxygen atoms in total. The largest absolute Gasteiger partial charge is 0.360 e. The molecule has 1 unspecified atom stereocenters. The maximum Gasteiger partial charge on any atom is 0.256 e. The standard InChI is InChI=1S/C21H25N3O3/c1-13(24-19(26)16-12-23-27-18(16)20(2,3)4)21(5,6)17(25)15-9-7-14(11-22)8-10-15/h7-10,12-13H,1-6H3,(H,24,26). The molecule has 1 N–H and O–H groups in total. The third-order valence-corrected chi connectivity index (χ3v) is 4.79. The van der Waals surface area contributed by atoms with Gasteiger partial charge < -0.3 is 9.84 Å². The molecule has 142 valence electrons. The summed E-state index contributed by atoms with van der Waals surface area (Å²) in [4.78, 5) is 25.7. The fourth-order valence-electron chi connectivity index (χ4n) is 2.66. The van der Waals surface area contributed by atoms with Crippen molar-refractivity contribution in [2.24, 2.45) is 5.41 Å². The van der Waals surface area contributed by atoms with Crippen LogP contribution in [0.25, 0.3) is 0 Å². The summed E-state index contributed by atoms with van der Waals surface area (Å²) in [5.74, 6) is 0.0685. The Labute approximate surface area is 159 Å². The van der Waals surface area contributed by atoms with E-state index in [0.29, 0.717) is 22.5 Å². The molecule has 1 aromatic heterocycles. The number of Topliss-reactive ketones (excluding diaryl/α,β-unsaturated/α-hetero) is 1. The normalized spacial score (nSPS) is 12.9. The Kier molecular flexibility index (Phi) is 5.55. The summed E-state index contributed by atoms with van der Waals surface area (Å²) in [6, 6.07) is 8.08. The summed E-state index contributed by atoms with van der Waals surface area (Å²) in [6.07, 6.45) is 1.40. The van der Waals surface area contributed by atoms with E-state index in [1.807, 2.05) is 26.8 Å². The smallest absolute Gasteiger partial charge is 0.256 e. The van der Waals surface area contributed by atoms with Gasteiger partial charge in [-0.15, -0.1) is 0 Å². The number of nitrogens with zero attached hydrogens (tertiary/aromatic N) is 2. The maximum atomic E-state index is 12.9. The van der Waals surface area contributed by atoms with Gasteiger partial charge in [0.25, 0.3) is 5.91 Å². The summed E-state index contributed by atoms with van der Waals surface area (Å²) >= 11 is 0. The first-order valence-corrected chi connectivity index (χ1v) is 8.79. The van der Waals surface area contributed by atoms with E-state index in [0.717, 1.165) is 0 Å². The number of benzene rings is 1. The Balaban J connectivity index is 2.19. The van der Waals surface area contributed by atoms with Gasteiger partial charge in [-0.1, -0.05) is 51.9 Å². The number of carbonyl (C=O) groups excluding carboxylic acids is 2. The molecule has 1 atom stereocenters. The number of hydrogen-bond acceptors (Lipinski definition) is 5. The van der Waals surface area contributed by atoms with Crippen LogP contribution >= 0.6 is 0 Å². The molecule has 1 aromatic carbocycles. The Morgan fingerprint density at radius 3 is 2.26 bits per heavy atom. The van der Waals surface area contributed by atoms with Crippen LogP contribution in [-0.4, -0.2) is 22.9 Å². The highest BCUT2D eigenvalue weighted by molar-refractivity contribution is 6.01. The quantitative estimate of drug-likeness (QED) is 0.809. The minimum Gasteiger partial charge on any atom is -0.360 e. The van der Waals surface area contributed by atoms with Crippen molar-refractivity contribution >= 4 is 11.7 Å². The Bertz CT molecular complexity index is 881. The summed E-state index contributed by atoms with van der Waals surface area (Å²) in [7, 11) is 0. The Morgan fingerprint density at radius 1 is 1.15 bits per heavy atom. The third kappa shape index (κ3) is 4.25. The maximum absolute atomic E-state index is 12.9. The van der Waals surface area contributed by atoms with E-state index in [9.17, 15) is 9.59 Å². The van der Waals surface area contributed by atoms with Crippen LogP contribution in [-0.2, 0) is 5.41 Å². The lowest BCUT2D eigenvalue weighted by molar-refractivity contribution is 0.0758. The number of nitrogens with one attached hydrogen (secondary N) is 1. The van der Waals surface area contributed by atoms with Crippen LogP contribution in [0.3, 0.4) is 0 Å². The first-order valence-electron chi connectivity index (χ1n) is 8.79. The second-order valence-electron chi connectivity index (χ2n) is 8.25. The number of aromatic nitrogens is 1. The van der Waals surface area contributed by atoms with E-state index in [4.69, 9.17) is 9.78 Å². The summed E-state index contributed by atoms with van der Waals surface area (Å²) in [5.41, 5.74) is 0.160. The summed E-state index contributed by atoms with van der Waals surface area (Å²) in [6.45, 7) is 11.2. The molecular weight excluding hydrogens is 342 g/mol. The van der Waals surface area contributed by atoms with Crippen molar-refractivity contribution in [3.05, 3.63) is 52.9 Å². The van der Waals surface area contributed by atoms with Gasteiger partial charge in [0.05, 0.1) is 17.8 Å². The van der Waals surface area contributed by atoms with Crippen LogP contribution in [0.4, 0.5) is 0 Å². The van der Waals surface area contributed by atoms with Crippen molar-refractivity contribution in [1.82, 2.24) is 10.5 Å². The molecule has 27 heavy (non-hydrogen) atoms. The van der Waals surface area contributed by atoms with E-state index in [1.165, 1.54) is 6.20 Å². The molecule has 6 heteroatoms. The lowest BCUT2D eigenvalue weighted by atomic mass is 9.78. The van der Waals surface area contributed by atoms with Crippen LogP contribution in [0.15, 0.2) is 35.0 Å². The van der Waals surface area contributed by atoms with Crippen molar-refractivity contribution in [1.29, 1.82) is 5.26 Å². The average molecular weight is 367 g/mol. The highest BCUT2D eigenvalue weighted by Gasteiger charge is 2.36. The molecule has 0 aliphatic rings. The third-order valence-electron chi connectivity index (χ3n) is 4.79. The highest BCUT2D eigenvalue weighted by Crippen LogP contribution is 2.28. The Hall–Kier alpha value is -2.94. The van der Waals surface area contributed by atoms with Crippen molar-refractivity contribution in [2.45, 2.75) is 53.0 Å². The van der Waals surface area contributed by atoms with E-state index >= 15 is 0 Å². The van der Waals surface area contributed by atoms with Crippen LogP contribution in [0, 0.1) is 16.7 Å². The second-order valence-corrected chi connectivity index (χ2v) is 8.25. The van der Waals surface area contributed by atoms with E-state index in [2.05, 4.69) is 10.5 Å². The van der Waals surface area contributed by atoms with E-state index in [1.54, 1.807) is 45.0 Å². The molecule has 1 heterocycles. The van der Waals surface area contributed by atoms with Crippen LogP contribution < -0.4 is 5.32 Å². The second kappa shape index (κ2) is 7.36. The molecule has 0 spiro atoms. The van der Waals surface area contributed by atoms with Gasteiger partial charge in [0.1, 0.15) is 5.56 Å². The zero-order valence-corrected chi connectivity index (χ0v) is 16.6. The van der Waals surface area contributed by atoms with Crippen molar-refractivity contribution < 1.29 is 14.1 Å². The van der Waals surface area contributed by atoms with Gasteiger partial charge in [0.2, 0.25) is 0 Å². The van der Waals surface area contributed by atoms with Gasteiger partial charge in [-0.25, -0.2) is 0 Å². The molecular formula is C21H25N3O3. The van der Waals surface area contributed by atoms with Gasteiger partial charge in [0, 0.05) is 22.4 Å². The van der Waals surface area contributed by atoms with Gasteiger partial charge in [-0.3, -0.25) is 9.59 Å². The monoisotopic (exact) mass is 367 g/mol. The molecule has 0 saturated heterocycles. The SMILES string of the molecule is CC(NC(=O)c1cnoc1C(C)(C)C)C(C)(C)C(=O)c1ccc(C#N)cc1. The van der Waals surface area contributed by atoms with Gasteiger partial charge in [-0.2, -0.15) is 5.26 Å². The van der Waals surface area contributed by atoms with Crippen molar-refractivity contribution in [3.8, 4) is 6.07 Å². The molecule has 0 aliphatic carbocycles. The first kappa shape index (κ1) is 20.4. The zero-order chi connectivity index (χ0) is 20.4. The number of carbonyl (C=O) groups is 2.